The largest absolute Gasteiger partial charge is 0.383 e. The Morgan fingerprint density at radius 2 is 1.86 bits per heavy atom. The van der Waals surface area contributed by atoms with Crippen molar-refractivity contribution in [1.29, 1.82) is 0 Å². The summed E-state index contributed by atoms with van der Waals surface area (Å²) in [6.45, 7) is 1.49. The standard InChI is InChI=1S/C10H21NO3/c1-12-7-9(8-4-5-8)11-6-10(13-2)14-3/h8-11H,4-7H2,1-3H3. The van der Waals surface area contributed by atoms with Gasteiger partial charge in [0, 0.05) is 33.9 Å². The van der Waals surface area contributed by atoms with Crippen LogP contribution in [0.25, 0.3) is 0 Å². The first-order valence-electron chi connectivity index (χ1n) is 5.09. The fourth-order valence-corrected chi connectivity index (χ4v) is 1.55. The molecule has 0 spiro atoms. The second-order valence-corrected chi connectivity index (χ2v) is 3.71. The zero-order chi connectivity index (χ0) is 10.4. The summed E-state index contributed by atoms with van der Waals surface area (Å²) in [4.78, 5) is 0. The number of ether oxygens (including phenoxy) is 3. The minimum atomic E-state index is -0.159. The van der Waals surface area contributed by atoms with Gasteiger partial charge in [0.1, 0.15) is 0 Å². The SMILES string of the molecule is COCC(NCC(OC)OC)C1CC1. The fraction of sp³-hybridized carbons (Fsp3) is 1.00. The first-order valence-corrected chi connectivity index (χ1v) is 5.09. The van der Waals surface area contributed by atoms with E-state index in [0.717, 1.165) is 19.1 Å². The van der Waals surface area contributed by atoms with Gasteiger partial charge in [0.05, 0.1) is 6.61 Å². The highest BCUT2D eigenvalue weighted by Gasteiger charge is 2.31. The van der Waals surface area contributed by atoms with E-state index in [0.29, 0.717) is 6.04 Å². The number of rotatable bonds is 8. The monoisotopic (exact) mass is 203 g/mol. The van der Waals surface area contributed by atoms with Crippen molar-refractivity contribution in [1.82, 2.24) is 5.32 Å². The van der Waals surface area contributed by atoms with Gasteiger partial charge in [-0.2, -0.15) is 0 Å². The molecule has 14 heavy (non-hydrogen) atoms. The molecular formula is C10H21NO3. The quantitative estimate of drug-likeness (QED) is 0.587. The van der Waals surface area contributed by atoms with Crippen molar-refractivity contribution >= 4 is 0 Å². The van der Waals surface area contributed by atoms with E-state index < -0.39 is 0 Å². The second kappa shape index (κ2) is 6.35. The third-order valence-electron chi connectivity index (χ3n) is 2.61. The zero-order valence-corrected chi connectivity index (χ0v) is 9.29. The summed E-state index contributed by atoms with van der Waals surface area (Å²) >= 11 is 0. The van der Waals surface area contributed by atoms with Crippen LogP contribution in [-0.2, 0) is 14.2 Å². The van der Waals surface area contributed by atoms with Crippen LogP contribution in [0.5, 0.6) is 0 Å². The summed E-state index contributed by atoms with van der Waals surface area (Å²) in [5, 5.41) is 3.41. The highest BCUT2D eigenvalue weighted by molar-refractivity contribution is 4.86. The molecule has 1 aliphatic rings. The van der Waals surface area contributed by atoms with Crippen LogP contribution in [0.15, 0.2) is 0 Å². The van der Waals surface area contributed by atoms with E-state index in [-0.39, 0.29) is 6.29 Å². The lowest BCUT2D eigenvalue weighted by atomic mass is 10.2. The highest BCUT2D eigenvalue weighted by atomic mass is 16.7. The predicted molar refractivity (Wildman–Crippen MR) is 54.2 cm³/mol. The normalized spacial score (nSPS) is 18.9. The van der Waals surface area contributed by atoms with Crippen molar-refractivity contribution in [3.63, 3.8) is 0 Å². The maximum absolute atomic E-state index is 5.16. The van der Waals surface area contributed by atoms with Crippen LogP contribution in [0.4, 0.5) is 0 Å². The Morgan fingerprint density at radius 3 is 2.29 bits per heavy atom. The number of nitrogens with one attached hydrogen (secondary N) is 1. The lowest BCUT2D eigenvalue weighted by Gasteiger charge is -2.20. The van der Waals surface area contributed by atoms with E-state index in [4.69, 9.17) is 14.2 Å². The summed E-state index contributed by atoms with van der Waals surface area (Å²) in [5.41, 5.74) is 0. The van der Waals surface area contributed by atoms with Crippen molar-refractivity contribution in [3.8, 4) is 0 Å². The van der Waals surface area contributed by atoms with E-state index in [2.05, 4.69) is 5.32 Å². The average molecular weight is 203 g/mol. The second-order valence-electron chi connectivity index (χ2n) is 3.71. The summed E-state index contributed by atoms with van der Waals surface area (Å²) in [7, 11) is 5.04. The molecule has 0 saturated heterocycles. The number of hydrogen-bond acceptors (Lipinski definition) is 4. The molecule has 1 fully saturated rings. The van der Waals surface area contributed by atoms with E-state index in [1.165, 1.54) is 12.8 Å². The molecule has 4 heteroatoms. The Kier molecular flexibility index (Phi) is 5.40. The molecule has 0 aromatic rings. The Morgan fingerprint density at radius 1 is 1.21 bits per heavy atom. The molecule has 0 aliphatic heterocycles. The van der Waals surface area contributed by atoms with Gasteiger partial charge < -0.3 is 19.5 Å². The zero-order valence-electron chi connectivity index (χ0n) is 9.29. The maximum atomic E-state index is 5.16. The van der Waals surface area contributed by atoms with Gasteiger partial charge >= 0.3 is 0 Å². The van der Waals surface area contributed by atoms with Gasteiger partial charge in [0.15, 0.2) is 6.29 Å². The van der Waals surface area contributed by atoms with Crippen LogP contribution in [0.2, 0.25) is 0 Å². The van der Waals surface area contributed by atoms with Crippen molar-refractivity contribution in [3.05, 3.63) is 0 Å². The molecule has 1 N–H and O–H groups in total. The van der Waals surface area contributed by atoms with Crippen molar-refractivity contribution in [2.24, 2.45) is 5.92 Å². The van der Waals surface area contributed by atoms with E-state index in [1.54, 1.807) is 21.3 Å². The Bertz CT molecular complexity index is 146. The summed E-state index contributed by atoms with van der Waals surface area (Å²) in [6.07, 6.45) is 2.46. The lowest BCUT2D eigenvalue weighted by molar-refractivity contribution is -0.101. The molecule has 1 saturated carbocycles. The smallest absolute Gasteiger partial charge is 0.169 e. The molecule has 0 aromatic heterocycles. The van der Waals surface area contributed by atoms with Gasteiger partial charge in [-0.05, 0) is 18.8 Å². The topological polar surface area (TPSA) is 39.7 Å². The minimum absolute atomic E-state index is 0.159. The summed E-state index contributed by atoms with van der Waals surface area (Å²) in [5.74, 6) is 0.782. The summed E-state index contributed by atoms with van der Waals surface area (Å²) in [6, 6.07) is 0.452. The average Bonchev–Trinajstić information content (AvgIpc) is 3.01. The van der Waals surface area contributed by atoms with Crippen molar-refractivity contribution < 1.29 is 14.2 Å². The first-order chi connectivity index (χ1) is 6.81. The van der Waals surface area contributed by atoms with E-state index in [9.17, 15) is 0 Å². The van der Waals surface area contributed by atoms with Crippen molar-refractivity contribution in [2.45, 2.75) is 25.2 Å². The van der Waals surface area contributed by atoms with Gasteiger partial charge in [-0.1, -0.05) is 0 Å². The number of methoxy groups -OCH3 is 3. The molecule has 0 radical (unpaired) electrons. The predicted octanol–water partition coefficient (Wildman–Crippen LogP) is 0.620. The van der Waals surface area contributed by atoms with E-state index in [1.807, 2.05) is 0 Å². The third kappa shape index (κ3) is 3.92. The van der Waals surface area contributed by atoms with Gasteiger partial charge in [-0.15, -0.1) is 0 Å². The first kappa shape index (κ1) is 11.9. The lowest BCUT2D eigenvalue weighted by Crippen LogP contribution is -2.41. The minimum Gasteiger partial charge on any atom is -0.383 e. The Labute approximate surface area is 85.9 Å². The van der Waals surface area contributed by atoms with Crippen molar-refractivity contribution in [2.75, 3.05) is 34.5 Å². The van der Waals surface area contributed by atoms with Gasteiger partial charge in [-0.25, -0.2) is 0 Å². The van der Waals surface area contributed by atoms with Gasteiger partial charge in [0.25, 0.3) is 0 Å². The van der Waals surface area contributed by atoms with Crippen LogP contribution in [0.1, 0.15) is 12.8 Å². The molecule has 1 aliphatic carbocycles. The molecule has 0 bridgehead atoms. The number of hydrogen-bond donors (Lipinski definition) is 1. The molecule has 4 nitrogen and oxygen atoms in total. The summed E-state index contributed by atoms with van der Waals surface area (Å²) < 4.78 is 15.4. The molecular weight excluding hydrogens is 182 g/mol. The molecule has 1 unspecified atom stereocenters. The molecule has 84 valence electrons. The van der Waals surface area contributed by atoms with Gasteiger partial charge in [0.2, 0.25) is 0 Å². The molecule has 1 atom stereocenters. The molecule has 0 aromatic carbocycles. The Balaban J connectivity index is 2.17. The van der Waals surface area contributed by atoms with Crippen LogP contribution < -0.4 is 5.32 Å². The maximum Gasteiger partial charge on any atom is 0.169 e. The molecule has 0 amide bonds. The van der Waals surface area contributed by atoms with E-state index >= 15 is 0 Å². The molecule has 0 heterocycles. The fourth-order valence-electron chi connectivity index (χ4n) is 1.55. The molecule has 1 rings (SSSR count). The van der Waals surface area contributed by atoms with Crippen LogP contribution in [0, 0.1) is 5.92 Å². The third-order valence-corrected chi connectivity index (χ3v) is 2.61. The van der Waals surface area contributed by atoms with Crippen LogP contribution in [-0.4, -0.2) is 46.8 Å². The highest BCUT2D eigenvalue weighted by Crippen LogP contribution is 2.32. The Hall–Kier alpha value is -0.160. The van der Waals surface area contributed by atoms with Crippen LogP contribution >= 0.6 is 0 Å². The van der Waals surface area contributed by atoms with Gasteiger partial charge in [-0.3, -0.25) is 0 Å². The van der Waals surface area contributed by atoms with Crippen LogP contribution in [0.3, 0.4) is 0 Å².